The summed E-state index contributed by atoms with van der Waals surface area (Å²) < 4.78 is 6.58. The van der Waals surface area contributed by atoms with Gasteiger partial charge in [-0.1, -0.05) is 80.8 Å². The lowest BCUT2D eigenvalue weighted by Crippen LogP contribution is -2.49. The van der Waals surface area contributed by atoms with Crippen LogP contribution in [-0.2, 0) is 11.3 Å². The number of anilines is 1. The predicted molar refractivity (Wildman–Crippen MR) is 171 cm³/mol. The zero-order chi connectivity index (χ0) is 30.3. The van der Waals surface area contributed by atoms with Crippen molar-refractivity contribution >= 4 is 17.5 Å². The number of hydrogen-bond acceptors (Lipinski definition) is 5. The first kappa shape index (κ1) is 30.8. The zero-order valence-electron chi connectivity index (χ0n) is 25.7. The van der Waals surface area contributed by atoms with Gasteiger partial charge >= 0.3 is 0 Å². The summed E-state index contributed by atoms with van der Waals surface area (Å²) in [5.41, 5.74) is 4.62. The van der Waals surface area contributed by atoms with E-state index in [-0.39, 0.29) is 42.4 Å². The summed E-state index contributed by atoms with van der Waals surface area (Å²) in [6, 6.07) is 24.0. The van der Waals surface area contributed by atoms with Crippen LogP contribution >= 0.6 is 0 Å². The summed E-state index contributed by atoms with van der Waals surface area (Å²) in [5.74, 6) is 0.378. The molecule has 7 nitrogen and oxygen atoms in total. The number of hydrogen-bond donors (Lipinski definition) is 2. The molecule has 3 atom stereocenters. The Labute approximate surface area is 255 Å². The van der Waals surface area contributed by atoms with Crippen molar-refractivity contribution in [2.75, 3.05) is 32.1 Å². The van der Waals surface area contributed by atoms with Gasteiger partial charge in [0.15, 0.2) is 0 Å². The maximum Gasteiger partial charge on any atom is 0.258 e. The number of aliphatic hydroxyl groups is 1. The predicted octanol–water partition coefficient (Wildman–Crippen LogP) is 6.22. The van der Waals surface area contributed by atoms with Crippen molar-refractivity contribution in [3.63, 3.8) is 0 Å². The van der Waals surface area contributed by atoms with E-state index < -0.39 is 0 Å². The maximum atomic E-state index is 13.8. The number of nitrogens with zero attached hydrogens (tertiary/aromatic N) is 2. The van der Waals surface area contributed by atoms with Gasteiger partial charge in [-0.05, 0) is 61.7 Å². The minimum absolute atomic E-state index is 0.0175. The van der Waals surface area contributed by atoms with Crippen LogP contribution < -0.4 is 10.1 Å². The van der Waals surface area contributed by atoms with E-state index in [0.717, 1.165) is 32.2 Å². The van der Waals surface area contributed by atoms with Crippen molar-refractivity contribution in [2.45, 2.75) is 64.6 Å². The van der Waals surface area contributed by atoms with Gasteiger partial charge in [-0.15, -0.1) is 0 Å². The van der Waals surface area contributed by atoms with Gasteiger partial charge in [0.05, 0.1) is 18.2 Å². The molecule has 0 saturated heterocycles. The summed E-state index contributed by atoms with van der Waals surface area (Å²) in [7, 11) is 2.09. The molecule has 1 aliphatic carbocycles. The molecular formula is C36H45N3O4. The van der Waals surface area contributed by atoms with Gasteiger partial charge in [-0.2, -0.15) is 0 Å². The lowest BCUT2D eigenvalue weighted by molar-refractivity contribution is -0.120. The minimum Gasteiger partial charge on any atom is -0.488 e. The number of rotatable bonds is 9. The molecule has 0 unspecified atom stereocenters. The van der Waals surface area contributed by atoms with Crippen LogP contribution in [0.15, 0.2) is 72.8 Å². The van der Waals surface area contributed by atoms with Crippen molar-refractivity contribution in [1.82, 2.24) is 9.80 Å². The van der Waals surface area contributed by atoms with Crippen LogP contribution in [0.1, 0.15) is 61.9 Å². The van der Waals surface area contributed by atoms with E-state index in [2.05, 4.69) is 72.7 Å². The van der Waals surface area contributed by atoms with E-state index in [1.807, 2.05) is 19.1 Å². The second-order valence-corrected chi connectivity index (χ2v) is 12.4. The normalized spacial score (nSPS) is 20.1. The third-order valence-corrected chi connectivity index (χ3v) is 8.91. The van der Waals surface area contributed by atoms with E-state index in [4.69, 9.17) is 4.74 Å². The minimum atomic E-state index is -0.345. The Balaban J connectivity index is 1.32. The SMILES string of the molecule is C[C@H](CO)N1C[C@H](C)[C@@H](CN(C)Cc2ccc(-c3ccccc3)cc2)Oc2ccc(NC(=O)C3CCCCC3)cc2C1=O. The molecule has 43 heavy (non-hydrogen) atoms. The van der Waals surface area contributed by atoms with Gasteiger partial charge < -0.3 is 20.1 Å². The zero-order valence-corrected chi connectivity index (χ0v) is 25.7. The molecule has 3 aromatic rings. The third-order valence-electron chi connectivity index (χ3n) is 8.91. The Morgan fingerprint density at radius 2 is 1.72 bits per heavy atom. The Morgan fingerprint density at radius 3 is 2.42 bits per heavy atom. The topological polar surface area (TPSA) is 82.1 Å². The molecule has 1 fully saturated rings. The molecule has 2 aliphatic rings. The number of nitrogens with one attached hydrogen (secondary N) is 1. The molecule has 2 N–H and O–H groups in total. The average molecular weight is 584 g/mol. The van der Waals surface area contributed by atoms with E-state index in [1.54, 1.807) is 17.0 Å². The molecule has 0 spiro atoms. The smallest absolute Gasteiger partial charge is 0.258 e. The highest BCUT2D eigenvalue weighted by atomic mass is 16.5. The fourth-order valence-corrected chi connectivity index (χ4v) is 6.24. The first-order chi connectivity index (χ1) is 20.8. The fourth-order valence-electron chi connectivity index (χ4n) is 6.24. The molecule has 0 aromatic heterocycles. The number of fused-ring (bicyclic) bond motifs is 1. The van der Waals surface area contributed by atoms with Crippen molar-refractivity contribution in [1.29, 1.82) is 0 Å². The molecular weight excluding hydrogens is 538 g/mol. The van der Waals surface area contributed by atoms with Gasteiger partial charge in [0.2, 0.25) is 5.91 Å². The number of likely N-dealkylation sites (N-methyl/N-ethyl adjacent to an activating group) is 1. The van der Waals surface area contributed by atoms with Crippen molar-refractivity contribution in [3.05, 3.63) is 83.9 Å². The van der Waals surface area contributed by atoms with Crippen LogP contribution in [0.2, 0.25) is 0 Å². The van der Waals surface area contributed by atoms with Gasteiger partial charge in [-0.25, -0.2) is 0 Å². The highest BCUT2D eigenvalue weighted by Gasteiger charge is 2.34. The van der Waals surface area contributed by atoms with Crippen LogP contribution in [-0.4, -0.2) is 65.6 Å². The number of ether oxygens (including phenoxy) is 1. The largest absolute Gasteiger partial charge is 0.488 e. The Kier molecular flexibility index (Phi) is 10.2. The van der Waals surface area contributed by atoms with E-state index in [9.17, 15) is 14.7 Å². The van der Waals surface area contributed by atoms with Gasteiger partial charge in [-0.3, -0.25) is 14.5 Å². The van der Waals surface area contributed by atoms with Crippen LogP contribution in [0.5, 0.6) is 5.75 Å². The number of amides is 2. The van der Waals surface area contributed by atoms with E-state index in [1.165, 1.54) is 23.1 Å². The first-order valence-electron chi connectivity index (χ1n) is 15.7. The average Bonchev–Trinajstić information content (AvgIpc) is 3.03. The van der Waals surface area contributed by atoms with Crippen LogP contribution in [0.25, 0.3) is 11.1 Å². The molecule has 1 aliphatic heterocycles. The van der Waals surface area contributed by atoms with Crippen LogP contribution in [0, 0.1) is 11.8 Å². The Hall–Kier alpha value is -3.68. The van der Waals surface area contributed by atoms with Crippen LogP contribution in [0.4, 0.5) is 5.69 Å². The molecule has 7 heteroatoms. The summed E-state index contributed by atoms with van der Waals surface area (Å²) in [6.45, 7) is 5.72. The molecule has 0 bridgehead atoms. The van der Waals surface area contributed by atoms with Crippen molar-refractivity contribution in [2.24, 2.45) is 11.8 Å². The summed E-state index contributed by atoms with van der Waals surface area (Å²) in [6.07, 6.45) is 4.97. The quantitative estimate of drug-likeness (QED) is 0.312. The highest BCUT2D eigenvalue weighted by molar-refractivity contribution is 6.00. The molecule has 228 valence electrons. The standard InChI is InChI=1S/C36H45N3O4/c1-25-21-39(26(2)24-40)36(42)32-20-31(37-35(41)30-12-8-5-9-13-30)18-19-33(32)43-34(25)23-38(3)22-27-14-16-29(17-15-27)28-10-6-4-7-11-28/h4,6-7,10-11,14-20,25-26,30,34,40H,5,8-9,12-13,21-24H2,1-3H3,(H,37,41)/t25-,26+,34+/m0/s1. The van der Waals surface area contributed by atoms with Gasteiger partial charge in [0.1, 0.15) is 11.9 Å². The van der Waals surface area contributed by atoms with E-state index in [0.29, 0.717) is 30.1 Å². The molecule has 0 radical (unpaired) electrons. The second-order valence-electron chi connectivity index (χ2n) is 12.4. The second kappa shape index (κ2) is 14.2. The van der Waals surface area contributed by atoms with Gasteiger partial charge in [0.25, 0.3) is 5.91 Å². The van der Waals surface area contributed by atoms with Crippen LogP contribution in [0.3, 0.4) is 0 Å². The summed E-state index contributed by atoms with van der Waals surface area (Å²) >= 11 is 0. The third kappa shape index (κ3) is 7.64. The van der Waals surface area contributed by atoms with E-state index >= 15 is 0 Å². The first-order valence-corrected chi connectivity index (χ1v) is 15.7. The molecule has 3 aromatic carbocycles. The van der Waals surface area contributed by atoms with Crippen molar-refractivity contribution < 1.29 is 19.4 Å². The van der Waals surface area contributed by atoms with Crippen molar-refractivity contribution in [3.8, 4) is 16.9 Å². The maximum absolute atomic E-state index is 13.8. The van der Waals surface area contributed by atoms with Gasteiger partial charge in [0, 0.05) is 37.2 Å². The molecule has 1 saturated carbocycles. The Morgan fingerprint density at radius 1 is 1.02 bits per heavy atom. The number of benzene rings is 3. The number of carbonyl (C=O) groups is 2. The molecule has 5 rings (SSSR count). The fraction of sp³-hybridized carbons (Fsp3) is 0.444. The Bertz CT molecular complexity index is 1370. The lowest BCUT2D eigenvalue weighted by atomic mass is 9.88. The highest BCUT2D eigenvalue weighted by Crippen LogP contribution is 2.32. The monoisotopic (exact) mass is 583 g/mol. The lowest BCUT2D eigenvalue weighted by Gasteiger charge is -2.38. The summed E-state index contributed by atoms with van der Waals surface area (Å²) in [4.78, 5) is 30.7. The molecule has 1 heterocycles. The summed E-state index contributed by atoms with van der Waals surface area (Å²) in [5, 5.41) is 13.0. The molecule has 2 amide bonds. The number of carbonyl (C=O) groups excluding carboxylic acids is 2. The number of aliphatic hydroxyl groups excluding tert-OH is 1.